The van der Waals surface area contributed by atoms with Gasteiger partial charge < -0.3 is 10.2 Å². The second-order valence-electron chi connectivity index (χ2n) is 9.25. The molecule has 0 bridgehead atoms. The van der Waals surface area contributed by atoms with Crippen molar-refractivity contribution >= 4 is 50.7 Å². The van der Waals surface area contributed by atoms with Gasteiger partial charge in [-0.1, -0.05) is 41.4 Å². The summed E-state index contributed by atoms with van der Waals surface area (Å²) >= 11 is 12.7. The first-order chi connectivity index (χ1) is 15.6. The van der Waals surface area contributed by atoms with Crippen LogP contribution in [0.2, 0.25) is 10.0 Å². The van der Waals surface area contributed by atoms with Crippen molar-refractivity contribution in [2.45, 2.75) is 52.7 Å². The molecule has 2 rings (SSSR count). The van der Waals surface area contributed by atoms with Crippen molar-refractivity contribution in [2.24, 2.45) is 0 Å². The third-order valence-electron chi connectivity index (χ3n) is 5.02. The van der Waals surface area contributed by atoms with E-state index >= 15 is 0 Å². The third kappa shape index (κ3) is 7.61. The van der Waals surface area contributed by atoms with Crippen LogP contribution >= 0.6 is 23.2 Å². The van der Waals surface area contributed by atoms with Crippen molar-refractivity contribution in [3.8, 4) is 0 Å². The first kappa shape index (κ1) is 28.0. The average molecular weight is 529 g/mol. The highest BCUT2D eigenvalue weighted by molar-refractivity contribution is 7.92. The first-order valence-corrected chi connectivity index (χ1v) is 13.3. The number of halogens is 2. The Balaban J connectivity index is 2.47. The monoisotopic (exact) mass is 527 g/mol. The predicted octanol–water partition coefficient (Wildman–Crippen LogP) is 4.40. The SMILES string of the molecule is Cc1cccc(N(CC(=O)N(Cc2c(Cl)cccc2Cl)[C@@H](C)C(=O)NC(C)(C)C)S(C)(=O)=O)c1. The number of amides is 2. The lowest BCUT2D eigenvalue weighted by Gasteiger charge is -2.33. The van der Waals surface area contributed by atoms with Gasteiger partial charge in [0.25, 0.3) is 0 Å². The molecule has 2 aromatic carbocycles. The maximum Gasteiger partial charge on any atom is 0.244 e. The third-order valence-corrected chi connectivity index (χ3v) is 6.87. The topological polar surface area (TPSA) is 86.8 Å². The van der Waals surface area contributed by atoms with E-state index in [0.717, 1.165) is 16.1 Å². The number of aryl methyl sites for hydroxylation is 1. The number of benzene rings is 2. The molecule has 0 saturated carbocycles. The fourth-order valence-electron chi connectivity index (χ4n) is 3.31. The second-order valence-corrected chi connectivity index (χ2v) is 12.0. The highest BCUT2D eigenvalue weighted by Crippen LogP contribution is 2.27. The smallest absolute Gasteiger partial charge is 0.244 e. The standard InChI is InChI=1S/C24H31Cl2N3O4S/c1-16-9-7-10-18(13-16)29(34(6,32)33)15-22(30)28(17(2)23(31)27-24(3,4)5)14-19-20(25)11-8-12-21(19)26/h7-13,17H,14-15H2,1-6H3,(H,27,31)/t17-/m0/s1. The fourth-order valence-corrected chi connectivity index (χ4v) is 4.67. The van der Waals surface area contributed by atoms with Gasteiger partial charge >= 0.3 is 0 Å². The molecule has 2 amide bonds. The van der Waals surface area contributed by atoms with Gasteiger partial charge in [-0.15, -0.1) is 0 Å². The van der Waals surface area contributed by atoms with Crippen LogP contribution in [0, 0.1) is 6.92 Å². The van der Waals surface area contributed by atoms with Gasteiger partial charge in [-0.3, -0.25) is 13.9 Å². The van der Waals surface area contributed by atoms with Crippen LogP contribution < -0.4 is 9.62 Å². The minimum Gasteiger partial charge on any atom is -0.350 e. The molecule has 1 N–H and O–H groups in total. The summed E-state index contributed by atoms with van der Waals surface area (Å²) < 4.78 is 26.2. The largest absolute Gasteiger partial charge is 0.350 e. The molecule has 0 aliphatic rings. The van der Waals surface area contributed by atoms with Crippen LogP contribution in [0.15, 0.2) is 42.5 Å². The number of carbonyl (C=O) groups excluding carboxylic acids is 2. The predicted molar refractivity (Wildman–Crippen MR) is 138 cm³/mol. The van der Waals surface area contributed by atoms with Crippen molar-refractivity contribution in [2.75, 3.05) is 17.1 Å². The molecule has 1 atom stereocenters. The number of hydrogen-bond donors (Lipinski definition) is 1. The van der Waals surface area contributed by atoms with Crippen molar-refractivity contribution in [3.63, 3.8) is 0 Å². The number of sulfonamides is 1. The number of hydrogen-bond acceptors (Lipinski definition) is 4. The number of nitrogens with one attached hydrogen (secondary N) is 1. The van der Waals surface area contributed by atoms with E-state index in [1.54, 1.807) is 43.3 Å². The van der Waals surface area contributed by atoms with E-state index in [9.17, 15) is 18.0 Å². The normalized spacial score (nSPS) is 12.7. The van der Waals surface area contributed by atoms with Crippen molar-refractivity contribution in [1.82, 2.24) is 10.2 Å². The summed E-state index contributed by atoms with van der Waals surface area (Å²) in [7, 11) is -3.79. The number of carbonyl (C=O) groups is 2. The van der Waals surface area contributed by atoms with Crippen LogP contribution in [-0.2, 0) is 26.2 Å². The lowest BCUT2D eigenvalue weighted by Crippen LogP contribution is -2.54. The minimum absolute atomic E-state index is 0.0680. The van der Waals surface area contributed by atoms with Gasteiger partial charge in [0.2, 0.25) is 21.8 Å². The molecule has 10 heteroatoms. The zero-order chi connectivity index (χ0) is 25.8. The van der Waals surface area contributed by atoms with Crippen LogP contribution in [0.1, 0.15) is 38.8 Å². The van der Waals surface area contributed by atoms with Gasteiger partial charge in [-0.25, -0.2) is 8.42 Å². The molecule has 2 aromatic rings. The maximum absolute atomic E-state index is 13.6. The molecule has 0 fully saturated rings. The summed E-state index contributed by atoms with van der Waals surface area (Å²) in [5, 5.41) is 3.54. The zero-order valence-corrected chi connectivity index (χ0v) is 22.6. The molecule has 0 aliphatic carbocycles. The lowest BCUT2D eigenvalue weighted by molar-refractivity contribution is -0.140. The van der Waals surface area contributed by atoms with Crippen LogP contribution in [0.25, 0.3) is 0 Å². The lowest BCUT2D eigenvalue weighted by atomic mass is 10.1. The van der Waals surface area contributed by atoms with E-state index in [1.807, 2.05) is 33.8 Å². The molecule has 0 heterocycles. The molecule has 0 saturated heterocycles. The van der Waals surface area contributed by atoms with E-state index < -0.39 is 34.1 Å². The van der Waals surface area contributed by atoms with Crippen molar-refractivity contribution in [1.29, 1.82) is 0 Å². The van der Waals surface area contributed by atoms with Crippen molar-refractivity contribution < 1.29 is 18.0 Å². The molecule has 186 valence electrons. The Bertz CT molecular complexity index is 1140. The Morgan fingerprint density at radius 1 is 1.06 bits per heavy atom. The van der Waals surface area contributed by atoms with Crippen LogP contribution in [0.3, 0.4) is 0 Å². The molecule has 0 radical (unpaired) electrons. The highest BCUT2D eigenvalue weighted by Gasteiger charge is 2.32. The van der Waals surface area contributed by atoms with E-state index in [0.29, 0.717) is 21.3 Å². The van der Waals surface area contributed by atoms with E-state index in [-0.39, 0.29) is 12.5 Å². The molecule has 7 nitrogen and oxygen atoms in total. The Hall–Kier alpha value is -2.29. The molecule has 0 aromatic heterocycles. The van der Waals surface area contributed by atoms with Crippen LogP contribution in [0.5, 0.6) is 0 Å². The summed E-state index contributed by atoms with van der Waals surface area (Å²) in [4.78, 5) is 27.8. The summed E-state index contributed by atoms with van der Waals surface area (Å²) in [6.07, 6.45) is 1.04. The fraction of sp³-hybridized carbons (Fsp3) is 0.417. The maximum atomic E-state index is 13.6. The quantitative estimate of drug-likeness (QED) is 0.551. The van der Waals surface area contributed by atoms with Gasteiger partial charge in [-0.2, -0.15) is 0 Å². The highest BCUT2D eigenvalue weighted by atomic mass is 35.5. The van der Waals surface area contributed by atoms with Crippen molar-refractivity contribution in [3.05, 3.63) is 63.6 Å². The number of rotatable bonds is 8. The van der Waals surface area contributed by atoms with Gasteiger partial charge in [0.1, 0.15) is 12.6 Å². The molecule has 0 unspecified atom stereocenters. The Morgan fingerprint density at radius 2 is 1.62 bits per heavy atom. The summed E-state index contributed by atoms with van der Waals surface area (Å²) in [5.41, 5.74) is 1.15. The first-order valence-electron chi connectivity index (χ1n) is 10.7. The van der Waals surface area contributed by atoms with Gasteiger partial charge in [-0.05, 0) is 64.4 Å². The molecule has 0 aliphatic heterocycles. The van der Waals surface area contributed by atoms with Gasteiger partial charge in [0, 0.05) is 27.7 Å². The van der Waals surface area contributed by atoms with E-state index in [2.05, 4.69) is 5.32 Å². The van der Waals surface area contributed by atoms with Gasteiger partial charge in [0.05, 0.1) is 11.9 Å². The summed E-state index contributed by atoms with van der Waals surface area (Å²) in [6.45, 7) is 8.35. The Morgan fingerprint density at radius 3 is 2.12 bits per heavy atom. The van der Waals surface area contributed by atoms with Crippen LogP contribution in [0.4, 0.5) is 5.69 Å². The molecule has 34 heavy (non-hydrogen) atoms. The summed E-state index contributed by atoms with van der Waals surface area (Å²) in [5.74, 6) is -0.954. The van der Waals surface area contributed by atoms with Crippen LogP contribution in [-0.4, -0.2) is 49.5 Å². The molecular weight excluding hydrogens is 497 g/mol. The molecule has 0 spiro atoms. The Labute approximate surface area is 212 Å². The summed E-state index contributed by atoms with van der Waals surface area (Å²) in [6, 6.07) is 10.9. The average Bonchev–Trinajstić information content (AvgIpc) is 2.69. The second kappa shape index (κ2) is 11.0. The van der Waals surface area contributed by atoms with Gasteiger partial charge in [0.15, 0.2) is 0 Å². The minimum atomic E-state index is -3.79. The number of anilines is 1. The number of nitrogens with zero attached hydrogens (tertiary/aromatic N) is 2. The van der Waals surface area contributed by atoms with E-state index in [1.165, 1.54) is 4.90 Å². The Kier molecular flexibility index (Phi) is 9.02. The van der Waals surface area contributed by atoms with E-state index in [4.69, 9.17) is 23.2 Å². The molecular formula is C24H31Cl2N3O4S. The zero-order valence-electron chi connectivity index (χ0n) is 20.2.